The van der Waals surface area contributed by atoms with E-state index in [2.05, 4.69) is 5.32 Å². The van der Waals surface area contributed by atoms with Crippen LogP contribution in [0.3, 0.4) is 0 Å². The largest absolute Gasteiger partial charge is 0.480 e. The number of carbonyl (C=O) groups is 2. The van der Waals surface area contributed by atoms with Crippen LogP contribution in [-0.4, -0.2) is 54.4 Å². The number of carbonyl (C=O) groups excluding carboxylic acids is 1. The molecule has 92 valence electrons. The third kappa shape index (κ3) is 3.37. The van der Waals surface area contributed by atoms with E-state index in [4.69, 9.17) is 9.84 Å². The van der Waals surface area contributed by atoms with Crippen LogP contribution in [0.15, 0.2) is 0 Å². The van der Waals surface area contributed by atoms with Gasteiger partial charge in [-0.2, -0.15) is 0 Å². The second-order valence-electron chi connectivity index (χ2n) is 3.96. The maximum atomic E-state index is 11.7. The first kappa shape index (κ1) is 12.8. The SMILES string of the molecule is CC(NC(=O)N(C)C1CCOCC1)C(=O)O. The summed E-state index contributed by atoms with van der Waals surface area (Å²) in [5, 5.41) is 11.1. The highest BCUT2D eigenvalue weighted by Crippen LogP contribution is 2.12. The second kappa shape index (κ2) is 5.69. The molecule has 0 aromatic heterocycles. The fourth-order valence-electron chi connectivity index (χ4n) is 1.59. The monoisotopic (exact) mass is 230 g/mol. The zero-order valence-corrected chi connectivity index (χ0v) is 9.60. The summed E-state index contributed by atoms with van der Waals surface area (Å²) in [7, 11) is 1.68. The fraction of sp³-hybridized carbons (Fsp3) is 0.800. The van der Waals surface area contributed by atoms with Gasteiger partial charge >= 0.3 is 12.0 Å². The van der Waals surface area contributed by atoms with E-state index >= 15 is 0 Å². The zero-order chi connectivity index (χ0) is 12.1. The number of hydrogen-bond donors (Lipinski definition) is 2. The Hall–Kier alpha value is -1.30. The lowest BCUT2D eigenvalue weighted by molar-refractivity contribution is -0.138. The number of ether oxygens (including phenoxy) is 1. The number of carboxylic acid groups (broad SMARTS) is 1. The summed E-state index contributed by atoms with van der Waals surface area (Å²) >= 11 is 0. The molecule has 1 aliphatic rings. The van der Waals surface area contributed by atoms with Gasteiger partial charge in [0.25, 0.3) is 0 Å². The third-order valence-electron chi connectivity index (χ3n) is 2.77. The number of hydrogen-bond acceptors (Lipinski definition) is 3. The Morgan fingerprint density at radius 1 is 1.44 bits per heavy atom. The molecule has 6 heteroatoms. The van der Waals surface area contributed by atoms with Crippen molar-refractivity contribution in [1.29, 1.82) is 0 Å². The van der Waals surface area contributed by atoms with E-state index in [-0.39, 0.29) is 12.1 Å². The summed E-state index contributed by atoms with van der Waals surface area (Å²) in [5.41, 5.74) is 0. The number of aliphatic carboxylic acids is 1. The molecule has 1 saturated heterocycles. The summed E-state index contributed by atoms with van der Waals surface area (Å²) in [5.74, 6) is -1.03. The molecule has 1 aliphatic heterocycles. The number of amides is 2. The predicted molar refractivity (Wildman–Crippen MR) is 57.2 cm³/mol. The van der Waals surface area contributed by atoms with Gasteiger partial charge in [0, 0.05) is 26.3 Å². The molecule has 0 saturated carbocycles. The van der Waals surface area contributed by atoms with E-state index in [0.717, 1.165) is 12.8 Å². The highest BCUT2D eigenvalue weighted by molar-refractivity contribution is 5.82. The van der Waals surface area contributed by atoms with Crippen LogP contribution in [0.1, 0.15) is 19.8 Å². The molecule has 16 heavy (non-hydrogen) atoms. The summed E-state index contributed by atoms with van der Waals surface area (Å²) < 4.78 is 5.20. The fourth-order valence-corrected chi connectivity index (χ4v) is 1.59. The highest BCUT2D eigenvalue weighted by atomic mass is 16.5. The van der Waals surface area contributed by atoms with Crippen molar-refractivity contribution in [2.45, 2.75) is 31.8 Å². The van der Waals surface area contributed by atoms with E-state index < -0.39 is 12.0 Å². The van der Waals surface area contributed by atoms with Crippen molar-refractivity contribution < 1.29 is 19.4 Å². The van der Waals surface area contributed by atoms with E-state index in [1.165, 1.54) is 6.92 Å². The number of urea groups is 1. The van der Waals surface area contributed by atoms with Crippen molar-refractivity contribution in [1.82, 2.24) is 10.2 Å². The zero-order valence-electron chi connectivity index (χ0n) is 9.60. The molecular weight excluding hydrogens is 212 g/mol. The Balaban J connectivity index is 2.43. The number of carboxylic acids is 1. The van der Waals surface area contributed by atoms with Gasteiger partial charge in [0.1, 0.15) is 6.04 Å². The van der Waals surface area contributed by atoms with Crippen molar-refractivity contribution >= 4 is 12.0 Å². The van der Waals surface area contributed by atoms with E-state index in [1.807, 2.05) is 0 Å². The first-order chi connectivity index (χ1) is 7.52. The van der Waals surface area contributed by atoms with Crippen molar-refractivity contribution in [2.24, 2.45) is 0 Å². The predicted octanol–water partition coefficient (Wildman–Crippen LogP) is 0.280. The number of nitrogens with zero attached hydrogens (tertiary/aromatic N) is 1. The lowest BCUT2D eigenvalue weighted by atomic mass is 10.1. The molecule has 1 unspecified atom stereocenters. The van der Waals surface area contributed by atoms with Crippen LogP contribution in [0.5, 0.6) is 0 Å². The van der Waals surface area contributed by atoms with Crippen LogP contribution in [0.25, 0.3) is 0 Å². The molecule has 0 aromatic rings. The van der Waals surface area contributed by atoms with Gasteiger partial charge in [0.15, 0.2) is 0 Å². The number of rotatable bonds is 3. The Morgan fingerprint density at radius 3 is 2.50 bits per heavy atom. The minimum Gasteiger partial charge on any atom is -0.480 e. The molecular formula is C10H18N2O4. The molecule has 0 spiro atoms. The lowest BCUT2D eigenvalue weighted by Gasteiger charge is -2.31. The Morgan fingerprint density at radius 2 is 2.00 bits per heavy atom. The third-order valence-corrected chi connectivity index (χ3v) is 2.77. The quantitative estimate of drug-likeness (QED) is 0.730. The second-order valence-corrected chi connectivity index (χ2v) is 3.96. The Labute approximate surface area is 94.6 Å². The van der Waals surface area contributed by atoms with Crippen LogP contribution in [0.2, 0.25) is 0 Å². The molecule has 6 nitrogen and oxygen atoms in total. The molecule has 0 bridgehead atoms. The first-order valence-electron chi connectivity index (χ1n) is 5.36. The Bertz CT molecular complexity index is 264. The lowest BCUT2D eigenvalue weighted by Crippen LogP contribution is -2.49. The minimum atomic E-state index is -1.03. The van der Waals surface area contributed by atoms with Gasteiger partial charge in [-0.05, 0) is 19.8 Å². The molecule has 2 N–H and O–H groups in total. The highest BCUT2D eigenvalue weighted by Gasteiger charge is 2.24. The van der Waals surface area contributed by atoms with Crippen LogP contribution in [0.4, 0.5) is 4.79 Å². The standard InChI is InChI=1S/C10H18N2O4/c1-7(9(13)14)11-10(15)12(2)8-3-5-16-6-4-8/h7-8H,3-6H2,1-2H3,(H,11,15)(H,13,14). The van der Waals surface area contributed by atoms with Crippen LogP contribution in [0, 0.1) is 0 Å². The topological polar surface area (TPSA) is 78.9 Å². The van der Waals surface area contributed by atoms with Gasteiger partial charge in [-0.3, -0.25) is 4.79 Å². The maximum Gasteiger partial charge on any atom is 0.325 e. The van der Waals surface area contributed by atoms with Crippen LogP contribution < -0.4 is 5.32 Å². The van der Waals surface area contributed by atoms with Crippen molar-refractivity contribution in [3.05, 3.63) is 0 Å². The average molecular weight is 230 g/mol. The number of nitrogens with one attached hydrogen (secondary N) is 1. The van der Waals surface area contributed by atoms with Crippen LogP contribution in [-0.2, 0) is 9.53 Å². The van der Waals surface area contributed by atoms with Gasteiger partial charge in [-0.1, -0.05) is 0 Å². The van der Waals surface area contributed by atoms with Crippen molar-refractivity contribution in [3.8, 4) is 0 Å². The normalized spacial score (nSPS) is 18.9. The van der Waals surface area contributed by atoms with Gasteiger partial charge in [-0.25, -0.2) is 4.79 Å². The van der Waals surface area contributed by atoms with Gasteiger partial charge in [-0.15, -0.1) is 0 Å². The van der Waals surface area contributed by atoms with E-state index in [1.54, 1.807) is 11.9 Å². The van der Waals surface area contributed by atoms with Crippen LogP contribution >= 0.6 is 0 Å². The molecule has 0 aliphatic carbocycles. The molecule has 1 atom stereocenters. The molecule has 1 rings (SSSR count). The van der Waals surface area contributed by atoms with Crippen molar-refractivity contribution in [2.75, 3.05) is 20.3 Å². The Kier molecular flexibility index (Phi) is 4.54. The smallest absolute Gasteiger partial charge is 0.325 e. The van der Waals surface area contributed by atoms with Gasteiger partial charge in [0.05, 0.1) is 0 Å². The summed E-state index contributed by atoms with van der Waals surface area (Å²) in [6.07, 6.45) is 1.59. The summed E-state index contributed by atoms with van der Waals surface area (Å²) in [4.78, 5) is 23.8. The van der Waals surface area contributed by atoms with E-state index in [0.29, 0.717) is 13.2 Å². The average Bonchev–Trinajstić information content (AvgIpc) is 2.28. The minimum absolute atomic E-state index is 0.134. The molecule has 0 aromatic carbocycles. The first-order valence-corrected chi connectivity index (χ1v) is 5.36. The summed E-state index contributed by atoms with van der Waals surface area (Å²) in [6.45, 7) is 2.74. The van der Waals surface area contributed by atoms with E-state index in [9.17, 15) is 9.59 Å². The molecule has 0 radical (unpaired) electrons. The van der Waals surface area contributed by atoms with Gasteiger partial charge in [0.2, 0.25) is 0 Å². The maximum absolute atomic E-state index is 11.7. The molecule has 1 heterocycles. The summed E-state index contributed by atoms with van der Waals surface area (Å²) in [6, 6.07) is -1.08. The van der Waals surface area contributed by atoms with Crippen molar-refractivity contribution in [3.63, 3.8) is 0 Å². The molecule has 1 fully saturated rings. The van der Waals surface area contributed by atoms with Gasteiger partial charge < -0.3 is 20.1 Å². The molecule has 2 amide bonds.